The summed E-state index contributed by atoms with van der Waals surface area (Å²) in [6.07, 6.45) is 4.53. The van der Waals surface area contributed by atoms with E-state index in [-0.39, 0.29) is 0 Å². The van der Waals surface area contributed by atoms with E-state index >= 15 is 0 Å². The molecule has 7 heteroatoms. The van der Waals surface area contributed by atoms with Gasteiger partial charge in [-0.3, -0.25) is 0 Å². The number of aliphatic hydroxyl groups excluding tert-OH is 2. The maximum Gasteiger partial charge on any atom is 0.229 e. The summed E-state index contributed by atoms with van der Waals surface area (Å²) in [5.74, 6) is 1.11. The average Bonchev–Trinajstić information content (AvgIpc) is 3.23. The topological polar surface area (TPSA) is 95.5 Å². The lowest BCUT2D eigenvalue weighted by atomic mass is 9.99. The second kappa shape index (κ2) is 7.88. The van der Waals surface area contributed by atoms with Crippen LogP contribution < -0.4 is 4.90 Å². The number of hydrogen-bond donors (Lipinski definition) is 2. The number of furan rings is 1. The molecule has 1 aliphatic rings. The first-order valence-corrected chi connectivity index (χ1v) is 10.5. The molecule has 0 aromatic carbocycles. The summed E-state index contributed by atoms with van der Waals surface area (Å²) in [6.45, 7) is 8.55. The highest BCUT2D eigenvalue weighted by Crippen LogP contribution is 2.39. The van der Waals surface area contributed by atoms with E-state index in [9.17, 15) is 10.2 Å². The van der Waals surface area contributed by atoms with Crippen molar-refractivity contribution in [2.75, 3.05) is 18.0 Å². The van der Waals surface area contributed by atoms with Crippen LogP contribution in [0.15, 0.2) is 10.7 Å². The van der Waals surface area contributed by atoms with Crippen molar-refractivity contribution in [3.8, 4) is 0 Å². The molecular formula is C22H30N4O3. The molecule has 2 atom stereocenters. The number of fused-ring (bicyclic) bond motifs is 5. The van der Waals surface area contributed by atoms with Crippen LogP contribution in [0.3, 0.4) is 0 Å². The van der Waals surface area contributed by atoms with Crippen LogP contribution in [0.2, 0.25) is 0 Å². The number of nitrogens with zero attached hydrogens (tertiary/aromatic N) is 4. The molecule has 0 aliphatic heterocycles. The van der Waals surface area contributed by atoms with Gasteiger partial charge < -0.3 is 19.5 Å². The van der Waals surface area contributed by atoms with Crippen molar-refractivity contribution in [1.29, 1.82) is 0 Å². The molecule has 0 radical (unpaired) electrons. The van der Waals surface area contributed by atoms with E-state index in [1.165, 1.54) is 17.5 Å². The minimum atomic E-state index is -0.567. The smallest absolute Gasteiger partial charge is 0.229 e. The van der Waals surface area contributed by atoms with E-state index in [0.717, 1.165) is 42.3 Å². The number of anilines is 1. The molecule has 29 heavy (non-hydrogen) atoms. The molecule has 156 valence electrons. The van der Waals surface area contributed by atoms with Gasteiger partial charge in [0.1, 0.15) is 11.8 Å². The van der Waals surface area contributed by atoms with Gasteiger partial charge in [0, 0.05) is 18.8 Å². The van der Waals surface area contributed by atoms with Crippen LogP contribution in [-0.2, 0) is 19.3 Å². The summed E-state index contributed by atoms with van der Waals surface area (Å²) in [7, 11) is 0. The van der Waals surface area contributed by atoms with E-state index < -0.39 is 12.2 Å². The van der Waals surface area contributed by atoms with E-state index in [2.05, 4.69) is 23.8 Å². The Morgan fingerprint density at radius 1 is 1.03 bits per heavy atom. The van der Waals surface area contributed by atoms with Crippen molar-refractivity contribution in [1.82, 2.24) is 15.0 Å². The van der Waals surface area contributed by atoms with Crippen molar-refractivity contribution < 1.29 is 14.6 Å². The molecule has 0 fully saturated rings. The van der Waals surface area contributed by atoms with Crippen LogP contribution in [0.1, 0.15) is 50.9 Å². The molecule has 4 rings (SSSR count). The summed E-state index contributed by atoms with van der Waals surface area (Å²) in [5.41, 5.74) is 5.77. The molecule has 3 aromatic heterocycles. The number of aliphatic hydroxyl groups is 2. The van der Waals surface area contributed by atoms with Crippen molar-refractivity contribution in [2.45, 2.75) is 65.6 Å². The number of aromatic nitrogens is 3. The molecular weight excluding hydrogens is 368 g/mol. The lowest BCUT2D eigenvalue weighted by Gasteiger charge is -2.26. The molecule has 0 saturated carbocycles. The first-order chi connectivity index (χ1) is 13.8. The zero-order chi connectivity index (χ0) is 20.7. The highest BCUT2D eigenvalue weighted by molar-refractivity contribution is 6.06. The largest absolute Gasteiger partial charge is 0.432 e. The Morgan fingerprint density at radius 3 is 2.38 bits per heavy atom. The zero-order valence-corrected chi connectivity index (χ0v) is 17.6. The Bertz CT molecular complexity index is 1020. The Labute approximate surface area is 170 Å². The fourth-order valence-corrected chi connectivity index (χ4v) is 4.43. The van der Waals surface area contributed by atoms with Crippen LogP contribution in [-0.4, -0.2) is 50.5 Å². The summed E-state index contributed by atoms with van der Waals surface area (Å²) < 4.78 is 6.23. The molecule has 7 nitrogen and oxygen atoms in total. The van der Waals surface area contributed by atoms with Gasteiger partial charge in [-0.25, -0.2) is 15.0 Å². The minimum absolute atomic E-state index is 0.345. The van der Waals surface area contributed by atoms with Crippen molar-refractivity contribution in [2.24, 2.45) is 5.92 Å². The predicted octanol–water partition coefficient (Wildman–Crippen LogP) is 3.03. The maximum absolute atomic E-state index is 9.95. The maximum atomic E-state index is 9.95. The second-order valence-electron chi connectivity index (χ2n) is 8.73. The Hall–Kier alpha value is -2.25. The minimum Gasteiger partial charge on any atom is -0.432 e. The van der Waals surface area contributed by atoms with Gasteiger partial charge in [-0.05, 0) is 56.6 Å². The Balaban J connectivity index is 1.92. The zero-order valence-electron chi connectivity index (χ0n) is 17.6. The first kappa shape index (κ1) is 20.0. The van der Waals surface area contributed by atoms with E-state index in [1.807, 2.05) is 4.90 Å². The third-order valence-corrected chi connectivity index (χ3v) is 5.41. The van der Waals surface area contributed by atoms with E-state index in [0.29, 0.717) is 36.1 Å². The van der Waals surface area contributed by atoms with E-state index in [1.54, 1.807) is 13.8 Å². The van der Waals surface area contributed by atoms with Gasteiger partial charge in [0.15, 0.2) is 11.4 Å². The van der Waals surface area contributed by atoms with Crippen molar-refractivity contribution in [3.05, 3.63) is 23.1 Å². The summed E-state index contributed by atoms with van der Waals surface area (Å²) >= 11 is 0. The fourth-order valence-electron chi connectivity index (χ4n) is 4.43. The normalized spacial score (nSPS) is 16.0. The molecule has 0 saturated heterocycles. The molecule has 0 spiro atoms. The molecule has 0 bridgehead atoms. The quantitative estimate of drug-likeness (QED) is 0.631. The number of hydrogen-bond acceptors (Lipinski definition) is 7. The number of pyridine rings is 1. The molecule has 3 heterocycles. The van der Waals surface area contributed by atoms with Crippen LogP contribution in [0.4, 0.5) is 5.82 Å². The van der Waals surface area contributed by atoms with Crippen LogP contribution in [0.25, 0.3) is 22.2 Å². The van der Waals surface area contributed by atoms with Gasteiger partial charge in [-0.2, -0.15) is 0 Å². The number of aryl methyl sites for hydroxylation is 1. The lowest BCUT2D eigenvalue weighted by molar-refractivity contribution is 0.178. The highest BCUT2D eigenvalue weighted by atomic mass is 16.3. The van der Waals surface area contributed by atoms with Crippen LogP contribution >= 0.6 is 0 Å². The van der Waals surface area contributed by atoms with Crippen LogP contribution in [0, 0.1) is 5.92 Å². The van der Waals surface area contributed by atoms with Gasteiger partial charge in [0.2, 0.25) is 5.71 Å². The van der Waals surface area contributed by atoms with Gasteiger partial charge in [0.05, 0.1) is 17.6 Å². The lowest BCUT2D eigenvalue weighted by Crippen LogP contribution is -2.37. The number of rotatable bonds is 7. The van der Waals surface area contributed by atoms with Crippen molar-refractivity contribution in [3.63, 3.8) is 0 Å². The first-order valence-electron chi connectivity index (χ1n) is 10.5. The third-order valence-electron chi connectivity index (χ3n) is 5.41. The Kier molecular flexibility index (Phi) is 5.44. The summed E-state index contributed by atoms with van der Waals surface area (Å²) in [5, 5.41) is 20.9. The molecule has 3 aromatic rings. The molecule has 0 unspecified atom stereocenters. The highest BCUT2D eigenvalue weighted by Gasteiger charge is 2.27. The second-order valence-corrected chi connectivity index (χ2v) is 8.73. The predicted molar refractivity (Wildman–Crippen MR) is 113 cm³/mol. The summed E-state index contributed by atoms with van der Waals surface area (Å²) in [6, 6.07) is 0. The van der Waals surface area contributed by atoms with Gasteiger partial charge >= 0.3 is 0 Å². The van der Waals surface area contributed by atoms with Crippen molar-refractivity contribution >= 4 is 28.0 Å². The summed E-state index contributed by atoms with van der Waals surface area (Å²) in [4.78, 5) is 15.7. The van der Waals surface area contributed by atoms with Gasteiger partial charge in [0.25, 0.3) is 0 Å². The average molecular weight is 399 g/mol. The molecule has 2 N–H and O–H groups in total. The monoisotopic (exact) mass is 398 g/mol. The SMILES string of the molecule is CC(C)Cc1nc2oc3c(N(C[C@@H](C)O)C[C@@H](C)O)ncnc3c2c2c1CCC2. The third kappa shape index (κ3) is 3.81. The molecule has 0 amide bonds. The fraction of sp³-hybridized carbons (Fsp3) is 0.591. The Morgan fingerprint density at radius 2 is 1.72 bits per heavy atom. The van der Waals surface area contributed by atoms with Crippen LogP contribution in [0.5, 0.6) is 0 Å². The van der Waals surface area contributed by atoms with Gasteiger partial charge in [-0.15, -0.1) is 0 Å². The van der Waals surface area contributed by atoms with E-state index in [4.69, 9.17) is 9.40 Å². The molecule has 1 aliphatic carbocycles. The van der Waals surface area contributed by atoms with Gasteiger partial charge in [-0.1, -0.05) is 13.8 Å². The standard InChI is InChI=1S/C22H30N4O3/c1-12(2)8-17-15-6-5-7-16(15)18-19-20(29-22(18)25-17)21(24-11-23-19)26(9-13(3)27)10-14(4)28/h11-14,27-28H,5-10H2,1-4H3/t13-,14-/m1/s1.